The van der Waals surface area contributed by atoms with Gasteiger partial charge in [0.25, 0.3) is 5.56 Å². The molecule has 32 heavy (non-hydrogen) atoms. The highest BCUT2D eigenvalue weighted by Gasteiger charge is 2.21. The third-order valence-corrected chi connectivity index (χ3v) is 5.95. The molecule has 0 aliphatic carbocycles. The van der Waals surface area contributed by atoms with Crippen molar-refractivity contribution in [1.82, 2.24) is 25.3 Å². The van der Waals surface area contributed by atoms with Gasteiger partial charge < -0.3 is 25.7 Å². The molecule has 168 valence electrons. The summed E-state index contributed by atoms with van der Waals surface area (Å²) in [7, 11) is 1.48. The monoisotopic (exact) mass is 457 g/mol. The predicted octanol–water partition coefficient (Wildman–Crippen LogP) is 2.76. The minimum Gasteiger partial charge on any atom is -0.467 e. The number of aromatic nitrogens is 4. The number of nitrogens with zero attached hydrogens (tertiary/aromatic N) is 4. The number of pyridine rings is 1. The molecule has 1 fully saturated rings. The van der Waals surface area contributed by atoms with Crippen molar-refractivity contribution in [3.8, 4) is 17.3 Å². The normalized spacial score (nSPS) is 13.8. The van der Waals surface area contributed by atoms with Crippen molar-refractivity contribution < 1.29 is 9.13 Å². The first-order valence-corrected chi connectivity index (χ1v) is 11.2. The molecule has 1 aromatic carbocycles. The van der Waals surface area contributed by atoms with Gasteiger partial charge in [-0.2, -0.15) is 9.97 Å². The summed E-state index contributed by atoms with van der Waals surface area (Å²) in [5, 5.41) is 3.92. The van der Waals surface area contributed by atoms with Gasteiger partial charge in [0.2, 0.25) is 0 Å². The third kappa shape index (κ3) is 3.84. The molecule has 0 spiro atoms. The molecule has 9 nitrogen and oxygen atoms in total. The average molecular weight is 458 g/mol. The fraction of sp³-hybridized carbons (Fsp3) is 0.333. The maximum Gasteiger partial charge on any atom is 0.318 e. The quantitative estimate of drug-likeness (QED) is 0.429. The van der Waals surface area contributed by atoms with E-state index in [1.54, 1.807) is 12.1 Å². The number of fused-ring (bicyclic) bond motifs is 2. The molecule has 0 atom stereocenters. The highest BCUT2D eigenvalue weighted by atomic mass is 32.1. The Labute approximate surface area is 187 Å². The number of aromatic amines is 1. The summed E-state index contributed by atoms with van der Waals surface area (Å²) < 4.78 is 19.8. The number of rotatable bonds is 3. The summed E-state index contributed by atoms with van der Waals surface area (Å²) in [5.74, 6) is 0.129. The number of nitrogens with one attached hydrogen (secondary N) is 2. The van der Waals surface area contributed by atoms with Gasteiger partial charge in [-0.3, -0.25) is 4.79 Å². The van der Waals surface area contributed by atoms with E-state index in [9.17, 15) is 9.18 Å². The van der Waals surface area contributed by atoms with Crippen LogP contribution in [-0.4, -0.2) is 53.2 Å². The molecule has 0 amide bonds. The number of piperazine rings is 1. The summed E-state index contributed by atoms with van der Waals surface area (Å²) in [5.41, 5.74) is 7.33. The largest absolute Gasteiger partial charge is 0.467 e. The van der Waals surface area contributed by atoms with E-state index < -0.39 is 5.82 Å². The second-order valence-electron chi connectivity index (χ2n) is 6.87. The Morgan fingerprint density at radius 3 is 2.66 bits per heavy atom. The first-order valence-electron chi connectivity index (χ1n) is 10.3. The Bertz CT molecular complexity index is 1330. The van der Waals surface area contributed by atoms with Crippen molar-refractivity contribution in [3.05, 3.63) is 34.4 Å². The molecule has 3 aromatic heterocycles. The second kappa shape index (κ2) is 9.05. The maximum absolute atomic E-state index is 14.2. The van der Waals surface area contributed by atoms with Crippen LogP contribution in [0, 0.1) is 5.82 Å². The zero-order valence-corrected chi connectivity index (χ0v) is 18.8. The van der Waals surface area contributed by atoms with Crippen LogP contribution < -0.4 is 26.2 Å². The van der Waals surface area contributed by atoms with Crippen molar-refractivity contribution in [2.45, 2.75) is 13.8 Å². The van der Waals surface area contributed by atoms with Crippen LogP contribution in [-0.2, 0) is 0 Å². The molecule has 1 aliphatic heterocycles. The van der Waals surface area contributed by atoms with Crippen molar-refractivity contribution in [1.29, 1.82) is 0 Å². The topological polar surface area (TPSA) is 122 Å². The van der Waals surface area contributed by atoms with Crippen LogP contribution in [0.5, 0.6) is 6.01 Å². The number of thiazole rings is 1. The lowest BCUT2D eigenvalue weighted by molar-refractivity contribution is 0.381. The number of anilines is 2. The molecule has 4 aromatic rings. The van der Waals surface area contributed by atoms with Gasteiger partial charge in [-0.25, -0.2) is 9.37 Å². The standard InChI is InChI=1S/C19H18FN7O2S.C2H6/c1-29-19-24-12-8-11(9-2-3-10(20)15-14(9)25-18(21)30-15)23-17(28)13(12)16(26-19)27-6-4-22-5-7-27;1-2/h2-3,8,22H,4-7H2,1H3,(H2,21,25)(H,23,28);1-2H3. The van der Waals surface area contributed by atoms with E-state index in [4.69, 9.17) is 10.5 Å². The lowest BCUT2D eigenvalue weighted by atomic mass is 10.1. The minimum absolute atomic E-state index is 0.176. The van der Waals surface area contributed by atoms with Gasteiger partial charge in [0, 0.05) is 31.7 Å². The zero-order chi connectivity index (χ0) is 22.8. The molecule has 0 bridgehead atoms. The number of H-pyrrole nitrogens is 1. The van der Waals surface area contributed by atoms with Crippen LogP contribution in [0.4, 0.5) is 15.3 Å². The molecular weight excluding hydrogens is 433 g/mol. The highest BCUT2D eigenvalue weighted by Crippen LogP contribution is 2.34. The Hall–Kier alpha value is -3.31. The molecule has 4 heterocycles. The molecule has 5 rings (SSSR count). The third-order valence-electron chi connectivity index (χ3n) is 5.06. The lowest BCUT2D eigenvalue weighted by Crippen LogP contribution is -2.44. The van der Waals surface area contributed by atoms with Crippen molar-refractivity contribution >= 4 is 43.4 Å². The Morgan fingerprint density at radius 2 is 1.94 bits per heavy atom. The van der Waals surface area contributed by atoms with Crippen LogP contribution in [0.25, 0.3) is 32.4 Å². The molecule has 0 saturated carbocycles. The summed E-state index contributed by atoms with van der Waals surface area (Å²) >= 11 is 1.06. The van der Waals surface area contributed by atoms with Gasteiger partial charge in [-0.1, -0.05) is 25.2 Å². The number of nitrogen functional groups attached to an aromatic ring is 1. The number of benzene rings is 1. The van der Waals surface area contributed by atoms with E-state index in [0.717, 1.165) is 24.4 Å². The van der Waals surface area contributed by atoms with Gasteiger partial charge in [0.05, 0.1) is 28.5 Å². The lowest BCUT2D eigenvalue weighted by Gasteiger charge is -2.29. The van der Waals surface area contributed by atoms with Crippen molar-refractivity contribution in [2.75, 3.05) is 43.9 Å². The molecular formula is C21H24FN7O2S. The number of ether oxygens (including phenoxy) is 1. The highest BCUT2D eigenvalue weighted by molar-refractivity contribution is 7.22. The van der Waals surface area contributed by atoms with E-state index in [1.165, 1.54) is 13.2 Å². The van der Waals surface area contributed by atoms with Crippen molar-refractivity contribution in [2.24, 2.45) is 0 Å². The maximum atomic E-state index is 14.2. The molecule has 11 heteroatoms. The molecule has 0 unspecified atom stereocenters. The smallest absolute Gasteiger partial charge is 0.318 e. The van der Waals surface area contributed by atoms with E-state index in [-0.39, 0.29) is 16.7 Å². The fourth-order valence-corrected chi connectivity index (χ4v) is 4.44. The van der Waals surface area contributed by atoms with Gasteiger partial charge in [0.1, 0.15) is 17.0 Å². The predicted molar refractivity (Wildman–Crippen MR) is 126 cm³/mol. The van der Waals surface area contributed by atoms with Crippen LogP contribution in [0.15, 0.2) is 23.0 Å². The van der Waals surface area contributed by atoms with Gasteiger partial charge in [-0.05, 0) is 18.2 Å². The molecule has 1 saturated heterocycles. The Kier molecular flexibility index (Phi) is 6.19. The summed E-state index contributed by atoms with van der Waals surface area (Å²) in [6.45, 7) is 7.02. The second-order valence-corrected chi connectivity index (χ2v) is 7.90. The number of nitrogens with two attached hydrogens (primary N) is 1. The Morgan fingerprint density at radius 1 is 1.19 bits per heavy atom. The number of hydrogen-bond acceptors (Lipinski definition) is 9. The van der Waals surface area contributed by atoms with Crippen molar-refractivity contribution in [3.63, 3.8) is 0 Å². The van der Waals surface area contributed by atoms with Crippen LogP contribution in [0.1, 0.15) is 13.8 Å². The fourth-order valence-electron chi connectivity index (χ4n) is 3.68. The van der Waals surface area contributed by atoms with Crippen LogP contribution >= 0.6 is 11.3 Å². The SMILES string of the molecule is CC.COc1nc(N2CCNCC2)c2c(=O)[nH]c(-c3ccc(F)c4sc(N)nc34)cc2n1. The van der Waals surface area contributed by atoms with Crippen LogP contribution in [0.2, 0.25) is 0 Å². The Balaban J connectivity index is 0.00000119. The summed E-state index contributed by atoms with van der Waals surface area (Å²) in [4.78, 5) is 31.1. The van der Waals surface area contributed by atoms with E-state index in [2.05, 4.69) is 25.3 Å². The number of hydrogen-bond donors (Lipinski definition) is 3. The zero-order valence-electron chi connectivity index (χ0n) is 18.0. The first-order chi connectivity index (χ1) is 15.5. The molecule has 4 N–H and O–H groups in total. The molecule has 0 radical (unpaired) electrons. The van der Waals surface area contributed by atoms with Gasteiger partial charge in [-0.15, -0.1) is 0 Å². The van der Waals surface area contributed by atoms with Crippen LogP contribution in [0.3, 0.4) is 0 Å². The van der Waals surface area contributed by atoms with Gasteiger partial charge in [0.15, 0.2) is 5.13 Å². The van der Waals surface area contributed by atoms with Gasteiger partial charge >= 0.3 is 6.01 Å². The average Bonchev–Trinajstić information content (AvgIpc) is 3.22. The number of halogens is 1. The molecule has 1 aliphatic rings. The number of methoxy groups -OCH3 is 1. The summed E-state index contributed by atoms with van der Waals surface area (Å²) in [6.07, 6.45) is 0. The van der Waals surface area contributed by atoms with E-state index >= 15 is 0 Å². The first kappa shape index (κ1) is 21.9. The summed E-state index contributed by atoms with van der Waals surface area (Å²) in [6, 6.07) is 4.82. The van der Waals surface area contributed by atoms with E-state index in [1.807, 2.05) is 18.7 Å². The van der Waals surface area contributed by atoms with E-state index in [0.29, 0.717) is 51.3 Å². The minimum atomic E-state index is -0.406.